The molecule has 0 spiro atoms. The predicted molar refractivity (Wildman–Crippen MR) is 159 cm³/mol. The predicted octanol–water partition coefficient (Wildman–Crippen LogP) is 6.49. The van der Waals surface area contributed by atoms with Crippen molar-refractivity contribution in [1.82, 2.24) is 14.7 Å². The minimum atomic E-state index is 0.127. The van der Waals surface area contributed by atoms with Gasteiger partial charge in [-0.25, -0.2) is 0 Å². The summed E-state index contributed by atoms with van der Waals surface area (Å²) in [4.78, 5) is 34.4. The highest BCUT2D eigenvalue weighted by atomic mass is 16.2. The van der Waals surface area contributed by atoms with Gasteiger partial charge in [0.05, 0.1) is 11.5 Å². The Labute approximate surface area is 233 Å². The third-order valence-corrected chi connectivity index (χ3v) is 9.69. The Kier molecular flexibility index (Phi) is 7.87. The van der Waals surface area contributed by atoms with Crippen molar-refractivity contribution in [1.29, 1.82) is 0 Å². The van der Waals surface area contributed by atoms with Crippen LogP contribution < -0.4 is 0 Å². The van der Waals surface area contributed by atoms with E-state index >= 15 is 0 Å². The smallest absolute Gasteiger partial charge is 0.255 e. The summed E-state index contributed by atoms with van der Waals surface area (Å²) in [6, 6.07) is 19.6. The van der Waals surface area contributed by atoms with Crippen LogP contribution in [0.2, 0.25) is 0 Å². The zero-order chi connectivity index (χ0) is 26.8. The van der Waals surface area contributed by atoms with Crippen LogP contribution in [-0.4, -0.2) is 71.3 Å². The molecule has 5 heteroatoms. The topological polar surface area (TPSA) is 43.9 Å². The van der Waals surface area contributed by atoms with Crippen LogP contribution >= 0.6 is 0 Å². The minimum Gasteiger partial charge on any atom is -0.340 e. The lowest BCUT2D eigenvalue weighted by atomic mass is 9.90. The summed E-state index contributed by atoms with van der Waals surface area (Å²) >= 11 is 0. The number of hydrogen-bond donors (Lipinski definition) is 0. The lowest BCUT2D eigenvalue weighted by Crippen LogP contribution is -2.53. The fraction of sp³-hybridized carbons (Fsp3) is 0.529. The highest BCUT2D eigenvalue weighted by molar-refractivity contribution is 6.18. The maximum absolute atomic E-state index is 14.0. The van der Waals surface area contributed by atoms with Crippen molar-refractivity contribution in [2.75, 3.05) is 32.7 Å². The normalized spacial score (nSPS) is 21.9. The highest BCUT2D eigenvalue weighted by Gasteiger charge is 2.36. The average Bonchev–Trinajstić information content (AvgIpc) is 3.00. The molecule has 6 rings (SSSR count). The Morgan fingerprint density at radius 1 is 0.795 bits per heavy atom. The maximum Gasteiger partial charge on any atom is 0.255 e. The van der Waals surface area contributed by atoms with Gasteiger partial charge in [-0.3, -0.25) is 14.5 Å². The molecule has 2 heterocycles. The van der Waals surface area contributed by atoms with Crippen molar-refractivity contribution < 1.29 is 9.59 Å². The first-order valence-electron chi connectivity index (χ1n) is 15.4. The number of amides is 2. The van der Waals surface area contributed by atoms with Crippen LogP contribution in [0.25, 0.3) is 21.5 Å². The monoisotopic (exact) mass is 525 g/mol. The molecule has 3 aromatic rings. The lowest BCUT2D eigenvalue weighted by molar-refractivity contribution is -0.140. The Bertz CT molecular complexity index is 1270. The first-order valence-corrected chi connectivity index (χ1v) is 15.4. The molecular weight excluding hydrogens is 482 g/mol. The second-order valence-corrected chi connectivity index (χ2v) is 12.0. The van der Waals surface area contributed by atoms with Crippen LogP contribution in [0.3, 0.4) is 0 Å². The zero-order valence-electron chi connectivity index (χ0n) is 23.5. The second kappa shape index (κ2) is 11.7. The third-order valence-electron chi connectivity index (χ3n) is 9.69. The van der Waals surface area contributed by atoms with E-state index in [0.717, 1.165) is 85.5 Å². The number of benzene rings is 3. The van der Waals surface area contributed by atoms with Crippen molar-refractivity contribution in [3.8, 4) is 0 Å². The minimum absolute atomic E-state index is 0.127. The number of rotatable bonds is 5. The SMILES string of the molecule is CCN(C(=O)[C@@H]1CCCN(C2CCN(C(=O)c3c4ccccc4cc4ccccc34)CC2)C1)C1CCCCC1. The van der Waals surface area contributed by atoms with Crippen LogP contribution in [0, 0.1) is 5.92 Å². The second-order valence-electron chi connectivity index (χ2n) is 12.0. The van der Waals surface area contributed by atoms with Gasteiger partial charge in [0, 0.05) is 38.3 Å². The van der Waals surface area contributed by atoms with Gasteiger partial charge in [0.25, 0.3) is 5.91 Å². The molecule has 1 atom stereocenters. The number of nitrogens with zero attached hydrogens (tertiary/aromatic N) is 3. The van der Waals surface area contributed by atoms with Gasteiger partial charge >= 0.3 is 0 Å². The Morgan fingerprint density at radius 2 is 1.44 bits per heavy atom. The molecule has 5 nitrogen and oxygen atoms in total. The van der Waals surface area contributed by atoms with E-state index in [1.807, 2.05) is 24.3 Å². The summed E-state index contributed by atoms with van der Waals surface area (Å²) in [7, 11) is 0. The number of likely N-dealkylation sites (tertiary alicyclic amines) is 2. The fourth-order valence-electron chi connectivity index (χ4n) is 7.60. The lowest BCUT2D eigenvalue weighted by Gasteiger charge is -2.43. The molecular formula is C34H43N3O2. The first-order chi connectivity index (χ1) is 19.1. The van der Waals surface area contributed by atoms with E-state index in [1.54, 1.807) is 0 Å². The molecule has 3 aliphatic rings. The van der Waals surface area contributed by atoms with Gasteiger partial charge in [-0.1, -0.05) is 67.8 Å². The summed E-state index contributed by atoms with van der Waals surface area (Å²) in [6.07, 6.45) is 10.3. The summed E-state index contributed by atoms with van der Waals surface area (Å²) in [5.41, 5.74) is 0.841. The first kappa shape index (κ1) is 26.3. The Hall–Kier alpha value is -2.92. The number of carbonyl (C=O) groups excluding carboxylic acids is 2. The van der Waals surface area contributed by atoms with E-state index in [0.29, 0.717) is 18.0 Å². The number of piperidine rings is 2. The van der Waals surface area contributed by atoms with Gasteiger partial charge in [-0.2, -0.15) is 0 Å². The maximum atomic E-state index is 14.0. The Morgan fingerprint density at radius 3 is 2.08 bits per heavy atom. The van der Waals surface area contributed by atoms with Crippen molar-refractivity contribution >= 4 is 33.4 Å². The van der Waals surface area contributed by atoms with Gasteiger partial charge in [0.1, 0.15) is 0 Å². The van der Waals surface area contributed by atoms with E-state index in [2.05, 4.69) is 52.0 Å². The molecule has 39 heavy (non-hydrogen) atoms. The van der Waals surface area contributed by atoms with Crippen LogP contribution in [0.15, 0.2) is 54.6 Å². The fourth-order valence-corrected chi connectivity index (χ4v) is 7.60. The largest absolute Gasteiger partial charge is 0.340 e. The summed E-state index contributed by atoms with van der Waals surface area (Å²) in [6.45, 7) is 6.50. The molecule has 2 amide bonds. The van der Waals surface area contributed by atoms with Gasteiger partial charge in [0.15, 0.2) is 0 Å². The molecule has 3 aromatic carbocycles. The van der Waals surface area contributed by atoms with Crippen LogP contribution in [0.1, 0.15) is 75.1 Å². The Balaban J connectivity index is 1.13. The molecule has 0 bridgehead atoms. The number of fused-ring (bicyclic) bond motifs is 2. The van der Waals surface area contributed by atoms with Crippen LogP contribution in [0.4, 0.5) is 0 Å². The van der Waals surface area contributed by atoms with Crippen molar-refractivity contribution in [3.05, 3.63) is 60.2 Å². The number of carbonyl (C=O) groups is 2. The van der Waals surface area contributed by atoms with E-state index in [-0.39, 0.29) is 11.8 Å². The van der Waals surface area contributed by atoms with E-state index in [4.69, 9.17) is 0 Å². The molecule has 206 valence electrons. The molecule has 1 saturated carbocycles. The number of hydrogen-bond acceptors (Lipinski definition) is 3. The van der Waals surface area contributed by atoms with Crippen molar-refractivity contribution in [2.45, 2.75) is 76.8 Å². The summed E-state index contributed by atoms with van der Waals surface area (Å²) < 4.78 is 0. The molecule has 2 saturated heterocycles. The van der Waals surface area contributed by atoms with E-state index in [9.17, 15) is 9.59 Å². The molecule has 0 aromatic heterocycles. The summed E-state index contributed by atoms with van der Waals surface area (Å²) in [5.74, 6) is 0.672. The highest BCUT2D eigenvalue weighted by Crippen LogP contribution is 2.32. The molecule has 2 aliphatic heterocycles. The molecule has 0 unspecified atom stereocenters. The van der Waals surface area contributed by atoms with Crippen LogP contribution in [0.5, 0.6) is 0 Å². The standard InChI is InChI=1S/C34H43N3O2/c1-2-37(29-14-4-3-5-15-29)33(38)27-13-10-20-36(24-27)28-18-21-35(22-19-28)34(39)32-30-16-8-6-11-25(30)23-26-12-7-9-17-31(26)32/h6-9,11-12,16-17,23,27-29H,2-5,10,13-15,18-22,24H2,1H3/t27-/m1/s1. The molecule has 0 radical (unpaired) electrons. The zero-order valence-corrected chi connectivity index (χ0v) is 23.5. The van der Waals surface area contributed by atoms with Gasteiger partial charge < -0.3 is 9.80 Å². The molecule has 3 fully saturated rings. The van der Waals surface area contributed by atoms with E-state index in [1.165, 1.54) is 32.1 Å². The van der Waals surface area contributed by atoms with Gasteiger partial charge in [0.2, 0.25) is 5.91 Å². The van der Waals surface area contributed by atoms with Crippen LogP contribution in [-0.2, 0) is 4.79 Å². The van der Waals surface area contributed by atoms with E-state index < -0.39 is 0 Å². The molecule has 0 N–H and O–H groups in total. The van der Waals surface area contributed by atoms with Gasteiger partial charge in [-0.05, 0) is 79.6 Å². The quantitative estimate of drug-likeness (QED) is 0.358. The van der Waals surface area contributed by atoms with Crippen molar-refractivity contribution in [2.24, 2.45) is 5.92 Å². The summed E-state index contributed by atoms with van der Waals surface area (Å²) in [5, 5.41) is 4.32. The van der Waals surface area contributed by atoms with Gasteiger partial charge in [-0.15, -0.1) is 0 Å². The van der Waals surface area contributed by atoms with Crippen molar-refractivity contribution in [3.63, 3.8) is 0 Å². The molecule has 1 aliphatic carbocycles. The third kappa shape index (κ3) is 5.30. The average molecular weight is 526 g/mol.